The Morgan fingerprint density at radius 3 is 2.23 bits per heavy atom. The van der Waals surface area contributed by atoms with Crippen molar-refractivity contribution < 1.29 is 14.5 Å². The minimum atomic E-state index is -0.598. The number of hydrogen-bond acceptors (Lipinski definition) is 5. The highest BCUT2D eigenvalue weighted by molar-refractivity contribution is 5.97. The van der Waals surface area contributed by atoms with Crippen LogP contribution in [-0.4, -0.2) is 53.9 Å². The summed E-state index contributed by atoms with van der Waals surface area (Å²) in [5, 5.41) is 13.7. The summed E-state index contributed by atoms with van der Waals surface area (Å²) < 4.78 is 0. The summed E-state index contributed by atoms with van der Waals surface area (Å²) in [7, 11) is 0. The first-order valence-electron chi connectivity index (χ1n) is 10.4. The third-order valence-corrected chi connectivity index (χ3v) is 5.52. The Labute approximate surface area is 182 Å². The molecule has 3 rings (SSSR count). The fourth-order valence-electron chi connectivity index (χ4n) is 3.69. The topological polar surface area (TPSA) is 95.8 Å². The van der Waals surface area contributed by atoms with E-state index in [9.17, 15) is 19.7 Å². The number of anilines is 1. The molecule has 2 aromatic carbocycles. The number of piperazine rings is 1. The van der Waals surface area contributed by atoms with Crippen LogP contribution < -0.4 is 10.2 Å². The lowest BCUT2D eigenvalue weighted by molar-refractivity contribution is -0.384. The second-order valence-electron chi connectivity index (χ2n) is 8.15. The second-order valence-corrected chi connectivity index (χ2v) is 8.15. The number of carbonyl (C=O) groups is 2. The first kappa shape index (κ1) is 22.3. The third-order valence-electron chi connectivity index (χ3n) is 5.52. The van der Waals surface area contributed by atoms with Crippen LogP contribution in [0.15, 0.2) is 48.5 Å². The van der Waals surface area contributed by atoms with Gasteiger partial charge in [-0.1, -0.05) is 31.5 Å². The van der Waals surface area contributed by atoms with Crippen LogP contribution in [0.5, 0.6) is 0 Å². The summed E-state index contributed by atoms with van der Waals surface area (Å²) in [5.74, 6) is -0.381. The molecule has 0 bridgehead atoms. The minimum Gasteiger partial charge on any atom is -0.368 e. The predicted molar refractivity (Wildman–Crippen MR) is 119 cm³/mol. The lowest BCUT2D eigenvalue weighted by Gasteiger charge is -2.38. The van der Waals surface area contributed by atoms with Crippen molar-refractivity contribution in [3.8, 4) is 0 Å². The lowest BCUT2D eigenvalue weighted by Crippen LogP contribution is -2.56. The van der Waals surface area contributed by atoms with Gasteiger partial charge in [0, 0.05) is 49.6 Å². The van der Waals surface area contributed by atoms with Crippen LogP contribution in [0.3, 0.4) is 0 Å². The number of benzene rings is 2. The fraction of sp³-hybridized carbons (Fsp3) is 0.391. The average Bonchev–Trinajstić information content (AvgIpc) is 2.77. The van der Waals surface area contributed by atoms with Crippen LogP contribution in [-0.2, 0) is 4.79 Å². The van der Waals surface area contributed by atoms with Crippen molar-refractivity contribution in [2.45, 2.75) is 26.8 Å². The number of nitrogens with one attached hydrogen (secondary N) is 1. The zero-order valence-electron chi connectivity index (χ0n) is 18.1. The molecule has 1 heterocycles. The Morgan fingerprint density at radius 1 is 1.03 bits per heavy atom. The van der Waals surface area contributed by atoms with Crippen LogP contribution in [0, 0.1) is 23.0 Å². The van der Waals surface area contributed by atoms with Gasteiger partial charge < -0.3 is 15.1 Å². The highest BCUT2D eigenvalue weighted by atomic mass is 16.6. The van der Waals surface area contributed by atoms with Crippen LogP contribution in [0.25, 0.3) is 0 Å². The number of hydrogen-bond donors (Lipinski definition) is 1. The van der Waals surface area contributed by atoms with Crippen molar-refractivity contribution in [2.75, 3.05) is 31.1 Å². The van der Waals surface area contributed by atoms with Crippen LogP contribution >= 0.6 is 0 Å². The van der Waals surface area contributed by atoms with Gasteiger partial charge in [-0.3, -0.25) is 19.7 Å². The Kier molecular flexibility index (Phi) is 6.89. The second kappa shape index (κ2) is 9.59. The van der Waals surface area contributed by atoms with E-state index in [1.165, 1.54) is 12.1 Å². The highest BCUT2D eigenvalue weighted by Gasteiger charge is 2.31. The number of amides is 2. The maximum Gasteiger partial charge on any atom is 0.269 e. The molecule has 2 aromatic rings. The fourth-order valence-corrected chi connectivity index (χ4v) is 3.69. The van der Waals surface area contributed by atoms with Gasteiger partial charge in [-0.05, 0) is 37.1 Å². The molecule has 1 atom stereocenters. The molecule has 0 saturated carbocycles. The van der Waals surface area contributed by atoms with Crippen molar-refractivity contribution >= 4 is 23.2 Å². The number of nitrogens with zero attached hydrogens (tertiary/aromatic N) is 3. The lowest BCUT2D eigenvalue weighted by atomic mass is 10.0. The molecular formula is C23H28N4O4. The maximum absolute atomic E-state index is 13.2. The van der Waals surface area contributed by atoms with Crippen LogP contribution in [0.1, 0.15) is 29.8 Å². The Bertz CT molecular complexity index is 950. The van der Waals surface area contributed by atoms with Gasteiger partial charge in [0.2, 0.25) is 5.91 Å². The molecule has 0 radical (unpaired) electrons. The number of nitro groups is 1. The molecule has 0 aliphatic carbocycles. The number of carbonyl (C=O) groups excluding carboxylic acids is 2. The summed E-state index contributed by atoms with van der Waals surface area (Å²) in [5.41, 5.74) is 2.48. The smallest absolute Gasteiger partial charge is 0.269 e. The summed E-state index contributed by atoms with van der Waals surface area (Å²) in [6, 6.07) is 13.1. The van der Waals surface area contributed by atoms with Crippen molar-refractivity contribution in [1.29, 1.82) is 0 Å². The van der Waals surface area contributed by atoms with Crippen molar-refractivity contribution in [1.82, 2.24) is 10.2 Å². The van der Waals surface area contributed by atoms with E-state index in [4.69, 9.17) is 0 Å². The largest absolute Gasteiger partial charge is 0.368 e. The summed E-state index contributed by atoms with van der Waals surface area (Å²) >= 11 is 0. The Hall–Kier alpha value is -3.42. The average molecular weight is 425 g/mol. The first-order valence-corrected chi connectivity index (χ1v) is 10.4. The molecule has 1 aliphatic rings. The van der Waals surface area contributed by atoms with Gasteiger partial charge in [-0.25, -0.2) is 0 Å². The quantitative estimate of drug-likeness (QED) is 0.568. The van der Waals surface area contributed by atoms with E-state index in [1.54, 1.807) is 29.2 Å². The van der Waals surface area contributed by atoms with Gasteiger partial charge in [0.15, 0.2) is 0 Å². The summed E-state index contributed by atoms with van der Waals surface area (Å²) in [6.07, 6.45) is 0. The monoisotopic (exact) mass is 424 g/mol. The molecule has 0 aromatic heterocycles. The van der Waals surface area contributed by atoms with Crippen molar-refractivity contribution in [2.24, 2.45) is 5.92 Å². The summed E-state index contributed by atoms with van der Waals surface area (Å²) in [6.45, 7) is 8.07. The van der Waals surface area contributed by atoms with E-state index < -0.39 is 11.0 Å². The number of rotatable bonds is 6. The SMILES string of the molecule is Cc1cccc(C(=O)NC(C(=O)N2CCN(c3ccc([N+](=O)[O-])cc3)CC2)C(C)C)c1. The van der Waals surface area contributed by atoms with Gasteiger partial charge in [-0.15, -0.1) is 0 Å². The third kappa shape index (κ3) is 5.39. The Balaban J connectivity index is 1.62. The molecule has 8 heteroatoms. The number of nitro benzene ring substituents is 1. The standard InChI is InChI=1S/C23H28N4O4/c1-16(2)21(24-22(28)18-6-4-5-17(3)15-18)23(29)26-13-11-25(12-14-26)19-7-9-20(10-8-19)27(30)31/h4-10,15-16,21H,11-14H2,1-3H3,(H,24,28). The van der Waals surface area contributed by atoms with E-state index in [0.29, 0.717) is 31.7 Å². The van der Waals surface area contributed by atoms with Crippen molar-refractivity contribution in [3.63, 3.8) is 0 Å². The molecule has 2 amide bonds. The van der Waals surface area contributed by atoms with E-state index >= 15 is 0 Å². The van der Waals surface area contributed by atoms with E-state index in [-0.39, 0.29) is 23.4 Å². The Morgan fingerprint density at radius 2 is 1.68 bits per heavy atom. The molecule has 0 spiro atoms. The zero-order valence-corrected chi connectivity index (χ0v) is 18.1. The number of aryl methyl sites for hydroxylation is 1. The van der Waals surface area contributed by atoms with Crippen molar-refractivity contribution in [3.05, 3.63) is 69.8 Å². The molecule has 1 aliphatic heterocycles. The van der Waals surface area contributed by atoms with Crippen LogP contribution in [0.4, 0.5) is 11.4 Å². The van der Waals surface area contributed by atoms with E-state index in [1.807, 2.05) is 32.9 Å². The molecule has 1 saturated heterocycles. The first-order chi connectivity index (χ1) is 14.8. The van der Waals surface area contributed by atoms with E-state index in [2.05, 4.69) is 10.2 Å². The summed E-state index contributed by atoms with van der Waals surface area (Å²) in [4.78, 5) is 40.1. The van der Waals surface area contributed by atoms with E-state index in [0.717, 1.165) is 11.3 Å². The zero-order chi connectivity index (χ0) is 22.5. The molecule has 1 unspecified atom stereocenters. The molecular weight excluding hydrogens is 396 g/mol. The van der Waals surface area contributed by atoms with Gasteiger partial charge in [0.1, 0.15) is 6.04 Å². The van der Waals surface area contributed by atoms with Crippen LogP contribution in [0.2, 0.25) is 0 Å². The minimum absolute atomic E-state index is 0.0473. The molecule has 164 valence electrons. The maximum atomic E-state index is 13.2. The molecule has 1 fully saturated rings. The number of non-ortho nitro benzene ring substituents is 1. The van der Waals surface area contributed by atoms with Gasteiger partial charge >= 0.3 is 0 Å². The van der Waals surface area contributed by atoms with Gasteiger partial charge in [0.05, 0.1) is 4.92 Å². The normalized spacial score (nSPS) is 15.0. The predicted octanol–water partition coefficient (Wildman–Crippen LogP) is 3.01. The van der Waals surface area contributed by atoms with Gasteiger partial charge in [0.25, 0.3) is 11.6 Å². The molecule has 31 heavy (non-hydrogen) atoms. The molecule has 1 N–H and O–H groups in total. The van der Waals surface area contributed by atoms with Gasteiger partial charge in [-0.2, -0.15) is 0 Å². The molecule has 8 nitrogen and oxygen atoms in total. The highest BCUT2D eigenvalue weighted by Crippen LogP contribution is 2.21.